The van der Waals surface area contributed by atoms with Crippen LogP contribution in [0.4, 0.5) is 0 Å². The molecule has 1 spiro atoms. The Labute approximate surface area is 233 Å². The highest BCUT2D eigenvalue weighted by Gasteiger charge is 2.53. The summed E-state index contributed by atoms with van der Waals surface area (Å²) < 4.78 is 18.2. The number of aromatic hydroxyl groups is 1. The van der Waals surface area contributed by atoms with Gasteiger partial charge in [0.2, 0.25) is 0 Å². The number of carbonyl (C=O) groups excluding carboxylic acids is 2. The van der Waals surface area contributed by atoms with Crippen molar-refractivity contribution in [2.75, 3.05) is 0 Å². The van der Waals surface area contributed by atoms with E-state index < -0.39 is 17.0 Å². The fourth-order valence-corrected chi connectivity index (χ4v) is 5.88. The third-order valence-electron chi connectivity index (χ3n) is 7.95. The summed E-state index contributed by atoms with van der Waals surface area (Å²) in [6, 6.07) is 27.3. The number of phenols is 1. The molecule has 0 saturated carbocycles. The van der Waals surface area contributed by atoms with Crippen LogP contribution in [0.25, 0.3) is 0 Å². The van der Waals surface area contributed by atoms with E-state index in [2.05, 4.69) is 19.1 Å². The summed E-state index contributed by atoms with van der Waals surface area (Å²) in [5.41, 5.74) is 1.57. The van der Waals surface area contributed by atoms with E-state index in [0.717, 1.165) is 6.42 Å². The monoisotopic (exact) mass is 534 g/mol. The van der Waals surface area contributed by atoms with Crippen molar-refractivity contribution in [3.05, 3.63) is 119 Å². The van der Waals surface area contributed by atoms with Gasteiger partial charge in [-0.05, 0) is 68.5 Å². The lowest BCUT2D eigenvalue weighted by Gasteiger charge is -2.36. The van der Waals surface area contributed by atoms with Crippen molar-refractivity contribution < 1.29 is 28.9 Å². The summed E-state index contributed by atoms with van der Waals surface area (Å²) in [7, 11) is 0. The standard InChI is InChI=1S/C34H30O6/c1-4-21(22-10-6-5-7-11-22)20-33(2,3)32(37)38-24-15-17-28-30(19-24)39-29-18-23(35)14-16-27(29)34(28)26-13-9-8-12-25(26)31(36)40-34/h5-19,21,35H,4,20H2,1-3H3. The van der Waals surface area contributed by atoms with Crippen molar-refractivity contribution in [1.29, 1.82) is 0 Å². The molecule has 0 radical (unpaired) electrons. The maximum Gasteiger partial charge on any atom is 0.340 e. The molecule has 6 heteroatoms. The molecule has 0 saturated heterocycles. The third-order valence-corrected chi connectivity index (χ3v) is 7.95. The van der Waals surface area contributed by atoms with Crippen molar-refractivity contribution in [3.63, 3.8) is 0 Å². The average molecular weight is 535 g/mol. The van der Waals surface area contributed by atoms with E-state index in [1.54, 1.807) is 42.5 Å². The lowest BCUT2D eigenvalue weighted by Crippen LogP contribution is -2.33. The highest BCUT2D eigenvalue weighted by molar-refractivity contribution is 5.97. The quantitative estimate of drug-likeness (QED) is 0.204. The second kappa shape index (κ2) is 9.56. The Kier molecular flexibility index (Phi) is 6.14. The fourth-order valence-electron chi connectivity index (χ4n) is 5.88. The minimum Gasteiger partial charge on any atom is -0.508 e. The molecule has 0 aliphatic carbocycles. The highest BCUT2D eigenvalue weighted by Crippen LogP contribution is 2.57. The Morgan fingerprint density at radius 3 is 2.33 bits per heavy atom. The molecule has 4 aromatic rings. The summed E-state index contributed by atoms with van der Waals surface area (Å²) in [6.45, 7) is 5.93. The maximum atomic E-state index is 13.4. The van der Waals surface area contributed by atoms with Gasteiger partial charge in [-0.1, -0.05) is 55.5 Å². The van der Waals surface area contributed by atoms with E-state index in [1.165, 1.54) is 11.6 Å². The number of ether oxygens (including phenoxy) is 3. The van der Waals surface area contributed by atoms with Gasteiger partial charge in [-0.25, -0.2) is 4.79 Å². The molecule has 40 heavy (non-hydrogen) atoms. The highest BCUT2D eigenvalue weighted by atomic mass is 16.6. The van der Waals surface area contributed by atoms with E-state index in [1.807, 2.05) is 44.2 Å². The Morgan fingerprint density at radius 1 is 0.900 bits per heavy atom. The van der Waals surface area contributed by atoms with Crippen LogP contribution in [0.15, 0.2) is 91.0 Å². The van der Waals surface area contributed by atoms with Crippen molar-refractivity contribution in [1.82, 2.24) is 0 Å². The van der Waals surface area contributed by atoms with E-state index in [9.17, 15) is 14.7 Å². The summed E-state index contributed by atoms with van der Waals surface area (Å²) in [5, 5.41) is 10.2. The number of esters is 2. The van der Waals surface area contributed by atoms with E-state index >= 15 is 0 Å². The second-order valence-corrected chi connectivity index (χ2v) is 11.1. The van der Waals surface area contributed by atoms with Gasteiger partial charge in [0.25, 0.3) is 0 Å². The molecule has 1 N–H and O–H groups in total. The van der Waals surface area contributed by atoms with Crippen LogP contribution in [0.5, 0.6) is 23.0 Å². The molecule has 2 aliphatic heterocycles. The van der Waals surface area contributed by atoms with Gasteiger partial charge < -0.3 is 19.3 Å². The molecular formula is C34H30O6. The zero-order valence-electron chi connectivity index (χ0n) is 22.6. The molecule has 202 valence electrons. The lowest BCUT2D eigenvalue weighted by atomic mass is 9.77. The Hall–Kier alpha value is -4.58. The van der Waals surface area contributed by atoms with Crippen LogP contribution in [-0.4, -0.2) is 17.0 Å². The summed E-state index contributed by atoms with van der Waals surface area (Å²) >= 11 is 0. The van der Waals surface area contributed by atoms with Crippen LogP contribution in [0, 0.1) is 5.41 Å². The first-order chi connectivity index (χ1) is 19.2. The average Bonchev–Trinajstić information content (AvgIpc) is 3.24. The number of hydrogen-bond acceptors (Lipinski definition) is 6. The van der Waals surface area contributed by atoms with Gasteiger partial charge in [0.15, 0.2) is 5.60 Å². The van der Waals surface area contributed by atoms with E-state index in [4.69, 9.17) is 14.2 Å². The number of phenolic OH excluding ortho intramolecular Hbond substituents is 1. The van der Waals surface area contributed by atoms with Crippen LogP contribution in [-0.2, 0) is 15.1 Å². The molecule has 6 rings (SSSR count). The summed E-state index contributed by atoms with van der Waals surface area (Å²) in [6.07, 6.45) is 1.54. The molecule has 6 nitrogen and oxygen atoms in total. The Balaban J connectivity index is 1.34. The van der Waals surface area contributed by atoms with E-state index in [-0.39, 0.29) is 17.6 Å². The SMILES string of the molecule is CCC(CC(C)(C)C(=O)Oc1ccc2c(c1)Oc1cc(O)ccc1C21OC(=O)c2ccccc21)c1ccccc1. The molecular weight excluding hydrogens is 504 g/mol. The normalized spacial score (nSPS) is 17.7. The van der Waals surface area contributed by atoms with Crippen LogP contribution in [0.3, 0.4) is 0 Å². The first-order valence-electron chi connectivity index (χ1n) is 13.5. The van der Waals surface area contributed by atoms with Crippen molar-refractivity contribution in [3.8, 4) is 23.0 Å². The van der Waals surface area contributed by atoms with Gasteiger partial charge >= 0.3 is 11.9 Å². The Bertz CT molecular complexity index is 1620. The zero-order chi connectivity index (χ0) is 28.1. The lowest BCUT2D eigenvalue weighted by molar-refractivity contribution is -0.144. The summed E-state index contributed by atoms with van der Waals surface area (Å²) in [5.74, 6) is 0.503. The zero-order valence-corrected chi connectivity index (χ0v) is 22.6. The predicted molar refractivity (Wildman–Crippen MR) is 150 cm³/mol. The van der Waals surface area contributed by atoms with Crippen molar-refractivity contribution >= 4 is 11.9 Å². The van der Waals surface area contributed by atoms with Crippen LogP contribution >= 0.6 is 0 Å². The predicted octanol–water partition coefficient (Wildman–Crippen LogP) is 7.48. The van der Waals surface area contributed by atoms with Crippen LogP contribution < -0.4 is 9.47 Å². The van der Waals surface area contributed by atoms with Gasteiger partial charge in [-0.15, -0.1) is 0 Å². The molecule has 2 unspecified atom stereocenters. The molecule has 0 bridgehead atoms. The summed E-state index contributed by atoms with van der Waals surface area (Å²) in [4.78, 5) is 26.4. The van der Waals surface area contributed by atoms with Gasteiger partial charge in [0, 0.05) is 28.8 Å². The third kappa shape index (κ3) is 4.11. The van der Waals surface area contributed by atoms with Crippen LogP contribution in [0.2, 0.25) is 0 Å². The largest absolute Gasteiger partial charge is 0.508 e. The Morgan fingerprint density at radius 2 is 1.57 bits per heavy atom. The maximum absolute atomic E-state index is 13.4. The minimum atomic E-state index is -1.25. The van der Waals surface area contributed by atoms with Crippen molar-refractivity contribution in [2.45, 2.75) is 45.1 Å². The number of hydrogen-bond donors (Lipinski definition) is 1. The molecule has 0 fully saturated rings. The minimum absolute atomic E-state index is 0.0168. The molecule has 2 atom stereocenters. The topological polar surface area (TPSA) is 82.1 Å². The first kappa shape index (κ1) is 25.7. The molecule has 2 aliphatic rings. The fraction of sp³-hybridized carbons (Fsp3) is 0.235. The number of fused-ring (bicyclic) bond motifs is 6. The molecule has 2 heterocycles. The van der Waals surface area contributed by atoms with Gasteiger partial charge in [0.05, 0.1) is 11.0 Å². The van der Waals surface area contributed by atoms with Crippen LogP contribution in [0.1, 0.15) is 72.1 Å². The van der Waals surface area contributed by atoms with Crippen molar-refractivity contribution in [2.24, 2.45) is 5.41 Å². The number of rotatable bonds is 6. The van der Waals surface area contributed by atoms with Gasteiger partial charge in [0.1, 0.15) is 23.0 Å². The number of carbonyl (C=O) groups is 2. The second-order valence-electron chi connectivity index (χ2n) is 11.1. The molecule has 0 amide bonds. The molecule has 4 aromatic carbocycles. The first-order valence-corrected chi connectivity index (χ1v) is 13.5. The molecule has 0 aromatic heterocycles. The number of benzene rings is 4. The smallest absolute Gasteiger partial charge is 0.340 e. The van der Waals surface area contributed by atoms with Gasteiger partial charge in [-0.2, -0.15) is 0 Å². The van der Waals surface area contributed by atoms with Gasteiger partial charge in [-0.3, -0.25) is 4.79 Å². The van der Waals surface area contributed by atoms with E-state index in [0.29, 0.717) is 45.9 Å².